The standard InChI is InChI=1S/C11H15N3O3.ClH/c12-7-11(16)14-8-1-3-9(4-2-8)17-6-5-10(13)15;/h1-4H,5-7,12H2,(H2,13,15)(H,14,16);1H. The lowest BCUT2D eigenvalue weighted by Gasteiger charge is -2.06. The molecule has 100 valence electrons. The molecule has 2 amide bonds. The molecule has 0 aliphatic carbocycles. The molecule has 5 N–H and O–H groups in total. The van der Waals surface area contributed by atoms with Gasteiger partial charge in [0.2, 0.25) is 11.8 Å². The Bertz CT molecular complexity index is 395. The lowest BCUT2D eigenvalue weighted by atomic mass is 10.3. The van der Waals surface area contributed by atoms with Crippen LogP contribution in [0.2, 0.25) is 0 Å². The van der Waals surface area contributed by atoms with Crippen molar-refractivity contribution < 1.29 is 14.3 Å². The Morgan fingerprint density at radius 3 is 2.33 bits per heavy atom. The zero-order valence-electron chi connectivity index (χ0n) is 9.72. The SMILES string of the molecule is Cl.NCC(=O)Nc1ccc(OCCC(N)=O)cc1. The van der Waals surface area contributed by atoms with Gasteiger partial charge in [0.1, 0.15) is 5.75 Å². The minimum atomic E-state index is -0.406. The van der Waals surface area contributed by atoms with E-state index >= 15 is 0 Å². The van der Waals surface area contributed by atoms with Gasteiger partial charge in [-0.05, 0) is 24.3 Å². The highest BCUT2D eigenvalue weighted by Gasteiger charge is 2.00. The number of ether oxygens (including phenoxy) is 1. The van der Waals surface area contributed by atoms with E-state index in [1.54, 1.807) is 24.3 Å². The van der Waals surface area contributed by atoms with Crippen LogP contribution in [0.15, 0.2) is 24.3 Å². The lowest BCUT2D eigenvalue weighted by Crippen LogP contribution is -2.21. The molecule has 0 heterocycles. The Hall–Kier alpha value is -1.79. The lowest BCUT2D eigenvalue weighted by molar-refractivity contribution is -0.118. The number of carbonyl (C=O) groups excluding carboxylic acids is 2. The number of benzene rings is 1. The number of hydrogen-bond donors (Lipinski definition) is 3. The second kappa shape index (κ2) is 8.32. The Kier molecular flexibility index (Phi) is 7.50. The smallest absolute Gasteiger partial charge is 0.238 e. The summed E-state index contributed by atoms with van der Waals surface area (Å²) in [5.41, 5.74) is 10.8. The van der Waals surface area contributed by atoms with Gasteiger partial charge in [-0.15, -0.1) is 12.4 Å². The molecule has 0 bridgehead atoms. The summed E-state index contributed by atoms with van der Waals surface area (Å²) >= 11 is 0. The van der Waals surface area contributed by atoms with Crippen LogP contribution < -0.4 is 21.5 Å². The molecule has 0 saturated carbocycles. The fraction of sp³-hybridized carbons (Fsp3) is 0.273. The van der Waals surface area contributed by atoms with Crippen molar-refractivity contribution >= 4 is 29.9 Å². The third-order valence-corrected chi connectivity index (χ3v) is 1.94. The topological polar surface area (TPSA) is 107 Å². The molecular formula is C11H16ClN3O3. The quantitative estimate of drug-likeness (QED) is 0.691. The molecule has 0 atom stereocenters. The zero-order valence-corrected chi connectivity index (χ0v) is 10.5. The molecule has 18 heavy (non-hydrogen) atoms. The molecule has 0 aliphatic rings. The highest BCUT2D eigenvalue weighted by atomic mass is 35.5. The Balaban J connectivity index is 0.00000289. The molecule has 1 rings (SSSR count). The number of halogens is 1. The average molecular weight is 274 g/mol. The number of carbonyl (C=O) groups is 2. The molecule has 0 radical (unpaired) electrons. The van der Waals surface area contributed by atoms with E-state index in [1.807, 2.05) is 0 Å². The second-order valence-corrected chi connectivity index (χ2v) is 3.34. The normalized spacial score (nSPS) is 9.17. The molecule has 0 saturated heterocycles. The number of amides is 2. The second-order valence-electron chi connectivity index (χ2n) is 3.34. The van der Waals surface area contributed by atoms with Gasteiger partial charge >= 0.3 is 0 Å². The van der Waals surface area contributed by atoms with Crippen LogP contribution in [0.4, 0.5) is 5.69 Å². The van der Waals surface area contributed by atoms with Crippen LogP contribution in [-0.4, -0.2) is 25.0 Å². The molecule has 0 fully saturated rings. The van der Waals surface area contributed by atoms with E-state index in [2.05, 4.69) is 5.32 Å². The molecule has 7 heteroatoms. The number of anilines is 1. The van der Waals surface area contributed by atoms with Crippen molar-refractivity contribution in [2.24, 2.45) is 11.5 Å². The van der Waals surface area contributed by atoms with Gasteiger partial charge in [-0.3, -0.25) is 9.59 Å². The maximum atomic E-state index is 11.0. The van der Waals surface area contributed by atoms with E-state index < -0.39 is 5.91 Å². The van der Waals surface area contributed by atoms with Gasteiger partial charge in [0.15, 0.2) is 0 Å². The van der Waals surface area contributed by atoms with Crippen LogP contribution in [0.25, 0.3) is 0 Å². The van der Waals surface area contributed by atoms with Gasteiger partial charge in [0, 0.05) is 5.69 Å². The average Bonchev–Trinajstić information content (AvgIpc) is 2.31. The van der Waals surface area contributed by atoms with Crippen LogP contribution in [0.1, 0.15) is 6.42 Å². The fourth-order valence-corrected chi connectivity index (χ4v) is 1.12. The number of nitrogens with one attached hydrogen (secondary N) is 1. The molecule has 1 aromatic carbocycles. The first-order valence-electron chi connectivity index (χ1n) is 5.13. The molecule has 0 unspecified atom stereocenters. The third kappa shape index (κ3) is 6.07. The van der Waals surface area contributed by atoms with Crippen LogP contribution in [0, 0.1) is 0 Å². The Morgan fingerprint density at radius 2 is 1.83 bits per heavy atom. The molecular weight excluding hydrogens is 258 g/mol. The molecule has 6 nitrogen and oxygen atoms in total. The predicted molar refractivity (Wildman–Crippen MR) is 70.7 cm³/mol. The van der Waals surface area contributed by atoms with Crippen LogP contribution in [0.3, 0.4) is 0 Å². The van der Waals surface area contributed by atoms with Crippen molar-refractivity contribution in [3.05, 3.63) is 24.3 Å². The Labute approximate surface area is 111 Å². The summed E-state index contributed by atoms with van der Waals surface area (Å²) in [5, 5.41) is 2.60. The van der Waals surface area contributed by atoms with Crippen LogP contribution >= 0.6 is 12.4 Å². The van der Waals surface area contributed by atoms with E-state index in [4.69, 9.17) is 16.2 Å². The molecule has 0 aliphatic heterocycles. The zero-order chi connectivity index (χ0) is 12.7. The van der Waals surface area contributed by atoms with Crippen molar-refractivity contribution in [3.8, 4) is 5.75 Å². The molecule has 1 aromatic rings. The van der Waals surface area contributed by atoms with Gasteiger partial charge in [0.05, 0.1) is 19.6 Å². The number of nitrogens with two attached hydrogens (primary N) is 2. The van der Waals surface area contributed by atoms with Crippen molar-refractivity contribution in [1.82, 2.24) is 0 Å². The summed E-state index contributed by atoms with van der Waals surface area (Å²) in [6.07, 6.45) is 0.172. The van der Waals surface area contributed by atoms with Crippen molar-refractivity contribution in [1.29, 1.82) is 0 Å². The van der Waals surface area contributed by atoms with Crippen molar-refractivity contribution in [3.63, 3.8) is 0 Å². The van der Waals surface area contributed by atoms with E-state index in [0.29, 0.717) is 11.4 Å². The van der Waals surface area contributed by atoms with Gasteiger partial charge in [0.25, 0.3) is 0 Å². The predicted octanol–water partition coefficient (Wildman–Crippen LogP) is 0.260. The van der Waals surface area contributed by atoms with Crippen LogP contribution in [0.5, 0.6) is 5.75 Å². The summed E-state index contributed by atoms with van der Waals surface area (Å²) in [6.45, 7) is 0.181. The largest absolute Gasteiger partial charge is 0.493 e. The van der Waals surface area contributed by atoms with Crippen LogP contribution in [-0.2, 0) is 9.59 Å². The van der Waals surface area contributed by atoms with E-state index in [-0.39, 0.29) is 37.9 Å². The minimum absolute atomic E-state index is 0. The minimum Gasteiger partial charge on any atom is -0.493 e. The monoisotopic (exact) mass is 273 g/mol. The Morgan fingerprint density at radius 1 is 1.22 bits per heavy atom. The summed E-state index contributed by atoms with van der Waals surface area (Å²) < 4.78 is 5.26. The van der Waals surface area contributed by atoms with E-state index in [0.717, 1.165) is 0 Å². The molecule has 0 spiro atoms. The first kappa shape index (κ1) is 16.2. The summed E-state index contributed by atoms with van der Waals surface area (Å²) in [5.74, 6) is -0.0544. The number of hydrogen-bond acceptors (Lipinski definition) is 4. The number of rotatable bonds is 6. The van der Waals surface area contributed by atoms with E-state index in [9.17, 15) is 9.59 Å². The van der Waals surface area contributed by atoms with Gasteiger partial charge < -0.3 is 21.5 Å². The highest BCUT2D eigenvalue weighted by molar-refractivity contribution is 5.92. The summed E-state index contributed by atoms with van der Waals surface area (Å²) in [4.78, 5) is 21.5. The first-order chi connectivity index (χ1) is 8.11. The van der Waals surface area contributed by atoms with Gasteiger partial charge in [-0.25, -0.2) is 0 Å². The van der Waals surface area contributed by atoms with E-state index in [1.165, 1.54) is 0 Å². The third-order valence-electron chi connectivity index (χ3n) is 1.94. The molecule has 0 aromatic heterocycles. The van der Waals surface area contributed by atoms with Crippen molar-refractivity contribution in [2.45, 2.75) is 6.42 Å². The van der Waals surface area contributed by atoms with Gasteiger partial charge in [-0.2, -0.15) is 0 Å². The highest BCUT2D eigenvalue weighted by Crippen LogP contribution is 2.15. The fourth-order valence-electron chi connectivity index (χ4n) is 1.12. The maximum Gasteiger partial charge on any atom is 0.238 e. The van der Waals surface area contributed by atoms with Gasteiger partial charge in [-0.1, -0.05) is 0 Å². The first-order valence-corrected chi connectivity index (χ1v) is 5.13. The van der Waals surface area contributed by atoms with Crippen molar-refractivity contribution in [2.75, 3.05) is 18.5 Å². The summed E-state index contributed by atoms with van der Waals surface area (Å²) in [6, 6.07) is 6.75. The summed E-state index contributed by atoms with van der Waals surface area (Å²) in [7, 11) is 0. The number of primary amides is 1. The maximum absolute atomic E-state index is 11.0.